The van der Waals surface area contributed by atoms with Gasteiger partial charge in [-0.1, -0.05) is 12.1 Å². The standard InChI is InChI=1S/C13H21N3O4S/c1-4-12(17)16-7-5-11(6-8-16)15-21(18,19)13-9(2)14-20-10(13)3/h11,15H,4-8H2,1-3H3. The fraction of sp³-hybridized carbons (Fsp3) is 0.692. The van der Waals surface area contributed by atoms with E-state index in [4.69, 9.17) is 4.52 Å². The Labute approximate surface area is 124 Å². The Hall–Kier alpha value is -1.41. The molecule has 118 valence electrons. The van der Waals surface area contributed by atoms with E-state index in [-0.39, 0.29) is 16.8 Å². The van der Waals surface area contributed by atoms with Crippen LogP contribution in [-0.2, 0) is 14.8 Å². The molecule has 1 aromatic rings. The first kappa shape index (κ1) is 16.0. The van der Waals surface area contributed by atoms with Gasteiger partial charge in [-0.3, -0.25) is 4.79 Å². The molecular formula is C13H21N3O4S. The highest BCUT2D eigenvalue weighted by atomic mass is 32.2. The maximum atomic E-state index is 12.4. The molecule has 0 bridgehead atoms. The molecule has 21 heavy (non-hydrogen) atoms. The van der Waals surface area contributed by atoms with E-state index in [0.717, 1.165) is 0 Å². The molecule has 1 aromatic heterocycles. The number of sulfonamides is 1. The van der Waals surface area contributed by atoms with Gasteiger partial charge in [0.2, 0.25) is 15.9 Å². The van der Waals surface area contributed by atoms with E-state index in [2.05, 4.69) is 9.88 Å². The van der Waals surface area contributed by atoms with E-state index in [1.54, 1.807) is 18.7 Å². The number of aromatic nitrogens is 1. The second-order valence-electron chi connectivity index (χ2n) is 5.28. The highest BCUT2D eigenvalue weighted by Crippen LogP contribution is 2.21. The summed E-state index contributed by atoms with van der Waals surface area (Å²) in [7, 11) is -3.63. The molecule has 0 spiro atoms. The minimum atomic E-state index is -3.63. The van der Waals surface area contributed by atoms with Gasteiger partial charge in [-0.15, -0.1) is 0 Å². The molecule has 8 heteroatoms. The third kappa shape index (κ3) is 3.44. The van der Waals surface area contributed by atoms with Crippen LogP contribution < -0.4 is 4.72 Å². The lowest BCUT2D eigenvalue weighted by Crippen LogP contribution is -2.46. The normalized spacial score (nSPS) is 17.2. The number of hydrogen-bond acceptors (Lipinski definition) is 5. The van der Waals surface area contributed by atoms with Gasteiger partial charge in [-0.05, 0) is 26.7 Å². The number of rotatable bonds is 4. The van der Waals surface area contributed by atoms with Crippen LogP contribution in [0, 0.1) is 13.8 Å². The maximum Gasteiger partial charge on any atom is 0.246 e. The zero-order chi connectivity index (χ0) is 15.6. The largest absolute Gasteiger partial charge is 0.360 e. The van der Waals surface area contributed by atoms with Gasteiger partial charge < -0.3 is 9.42 Å². The second-order valence-corrected chi connectivity index (χ2v) is 6.93. The fourth-order valence-corrected chi connectivity index (χ4v) is 4.24. The average molecular weight is 315 g/mol. The predicted molar refractivity (Wildman–Crippen MR) is 76.2 cm³/mol. The van der Waals surface area contributed by atoms with Crippen LogP contribution in [0.1, 0.15) is 37.6 Å². The lowest BCUT2D eigenvalue weighted by Gasteiger charge is -2.32. The smallest absolute Gasteiger partial charge is 0.246 e. The zero-order valence-electron chi connectivity index (χ0n) is 12.5. The van der Waals surface area contributed by atoms with Crippen LogP contribution in [0.5, 0.6) is 0 Å². The van der Waals surface area contributed by atoms with E-state index >= 15 is 0 Å². The van der Waals surface area contributed by atoms with E-state index in [1.807, 2.05) is 6.92 Å². The second kappa shape index (κ2) is 6.15. The van der Waals surface area contributed by atoms with Gasteiger partial charge in [0.1, 0.15) is 10.6 Å². The lowest BCUT2D eigenvalue weighted by molar-refractivity contribution is -0.131. The molecule has 0 saturated carbocycles. The minimum absolute atomic E-state index is 0.113. The summed E-state index contributed by atoms with van der Waals surface area (Å²) in [6.07, 6.45) is 1.72. The fourth-order valence-electron chi connectivity index (χ4n) is 2.61. The Kier molecular flexibility index (Phi) is 4.67. The van der Waals surface area contributed by atoms with Gasteiger partial charge in [0.25, 0.3) is 0 Å². The molecule has 1 saturated heterocycles. The predicted octanol–water partition coefficient (Wildman–Crippen LogP) is 0.971. The van der Waals surface area contributed by atoms with Crippen molar-refractivity contribution in [3.63, 3.8) is 0 Å². The Morgan fingerprint density at radius 3 is 2.48 bits per heavy atom. The first-order valence-electron chi connectivity index (χ1n) is 7.08. The molecule has 2 heterocycles. The molecule has 1 N–H and O–H groups in total. The van der Waals surface area contributed by atoms with Crippen molar-refractivity contribution in [2.45, 2.75) is 51.0 Å². The van der Waals surface area contributed by atoms with Crippen molar-refractivity contribution in [3.05, 3.63) is 11.5 Å². The van der Waals surface area contributed by atoms with Crippen LogP contribution in [0.2, 0.25) is 0 Å². The molecule has 1 amide bonds. The molecule has 0 unspecified atom stereocenters. The SMILES string of the molecule is CCC(=O)N1CCC(NS(=O)(=O)c2c(C)noc2C)CC1. The summed E-state index contributed by atoms with van der Waals surface area (Å²) in [5.74, 6) is 0.403. The molecule has 7 nitrogen and oxygen atoms in total. The van der Waals surface area contributed by atoms with Crippen LogP contribution >= 0.6 is 0 Å². The molecule has 0 atom stereocenters. The van der Waals surface area contributed by atoms with Crippen LogP contribution in [0.3, 0.4) is 0 Å². The Bertz CT molecular complexity index is 596. The van der Waals surface area contributed by atoms with Crippen molar-refractivity contribution in [1.82, 2.24) is 14.8 Å². The van der Waals surface area contributed by atoms with E-state index in [1.165, 1.54) is 0 Å². The monoisotopic (exact) mass is 315 g/mol. The van der Waals surface area contributed by atoms with Gasteiger partial charge in [0, 0.05) is 25.6 Å². The quantitative estimate of drug-likeness (QED) is 0.894. The summed E-state index contributed by atoms with van der Waals surface area (Å²) in [4.78, 5) is 13.5. The van der Waals surface area contributed by atoms with Crippen molar-refractivity contribution in [2.24, 2.45) is 0 Å². The molecule has 1 aliphatic heterocycles. The Morgan fingerprint density at radius 2 is 2.00 bits per heavy atom. The number of amides is 1. The Morgan fingerprint density at radius 1 is 1.38 bits per heavy atom. The Balaban J connectivity index is 2.02. The van der Waals surface area contributed by atoms with Crippen LogP contribution in [0.4, 0.5) is 0 Å². The van der Waals surface area contributed by atoms with Gasteiger partial charge >= 0.3 is 0 Å². The number of carbonyl (C=O) groups is 1. The van der Waals surface area contributed by atoms with E-state index in [0.29, 0.717) is 43.8 Å². The number of likely N-dealkylation sites (tertiary alicyclic amines) is 1. The van der Waals surface area contributed by atoms with Crippen molar-refractivity contribution in [1.29, 1.82) is 0 Å². The number of nitrogens with zero attached hydrogens (tertiary/aromatic N) is 2. The van der Waals surface area contributed by atoms with Gasteiger partial charge in [0.05, 0.1) is 0 Å². The number of nitrogens with one attached hydrogen (secondary N) is 1. The molecular weight excluding hydrogens is 294 g/mol. The highest BCUT2D eigenvalue weighted by Gasteiger charge is 2.29. The first-order valence-corrected chi connectivity index (χ1v) is 8.56. The molecule has 0 radical (unpaired) electrons. The summed E-state index contributed by atoms with van der Waals surface area (Å²) in [5.41, 5.74) is 0.360. The van der Waals surface area contributed by atoms with Gasteiger partial charge in [-0.25, -0.2) is 13.1 Å². The van der Waals surface area contributed by atoms with Crippen LogP contribution in [-0.4, -0.2) is 43.5 Å². The summed E-state index contributed by atoms with van der Waals surface area (Å²) in [6.45, 7) is 6.18. The van der Waals surface area contributed by atoms with Crippen molar-refractivity contribution < 1.29 is 17.7 Å². The molecule has 1 aliphatic rings. The molecule has 1 fully saturated rings. The highest BCUT2D eigenvalue weighted by molar-refractivity contribution is 7.89. The topological polar surface area (TPSA) is 92.5 Å². The first-order chi connectivity index (χ1) is 9.85. The number of aryl methyl sites for hydroxylation is 2. The van der Waals surface area contributed by atoms with Crippen molar-refractivity contribution in [2.75, 3.05) is 13.1 Å². The van der Waals surface area contributed by atoms with Crippen molar-refractivity contribution in [3.8, 4) is 0 Å². The third-order valence-electron chi connectivity index (χ3n) is 3.71. The summed E-state index contributed by atoms with van der Waals surface area (Å²) in [5, 5.41) is 3.67. The van der Waals surface area contributed by atoms with Crippen LogP contribution in [0.25, 0.3) is 0 Å². The molecule has 0 aromatic carbocycles. The number of piperidine rings is 1. The maximum absolute atomic E-state index is 12.4. The molecule has 2 rings (SSSR count). The zero-order valence-corrected chi connectivity index (χ0v) is 13.4. The number of hydrogen-bond donors (Lipinski definition) is 1. The van der Waals surface area contributed by atoms with E-state index in [9.17, 15) is 13.2 Å². The summed E-state index contributed by atoms with van der Waals surface area (Å²) >= 11 is 0. The lowest BCUT2D eigenvalue weighted by atomic mass is 10.1. The minimum Gasteiger partial charge on any atom is -0.360 e. The van der Waals surface area contributed by atoms with Crippen molar-refractivity contribution >= 4 is 15.9 Å². The van der Waals surface area contributed by atoms with Crippen LogP contribution in [0.15, 0.2) is 9.42 Å². The molecule has 0 aliphatic carbocycles. The average Bonchev–Trinajstić information content (AvgIpc) is 2.78. The van der Waals surface area contributed by atoms with Gasteiger partial charge in [-0.2, -0.15) is 0 Å². The third-order valence-corrected chi connectivity index (χ3v) is 5.47. The summed E-state index contributed by atoms with van der Waals surface area (Å²) < 4.78 is 32.4. The van der Waals surface area contributed by atoms with Gasteiger partial charge in [0.15, 0.2) is 5.76 Å². The van der Waals surface area contributed by atoms with E-state index < -0.39 is 10.0 Å². The summed E-state index contributed by atoms with van der Waals surface area (Å²) in [6, 6.07) is -0.162. The number of carbonyl (C=O) groups excluding carboxylic acids is 1.